The Morgan fingerprint density at radius 2 is 1.89 bits per heavy atom. The predicted molar refractivity (Wildman–Crippen MR) is 106 cm³/mol. The Morgan fingerprint density at radius 3 is 2.50 bits per heavy atom. The third kappa shape index (κ3) is 3.59. The van der Waals surface area contributed by atoms with Crippen LogP contribution < -0.4 is 9.47 Å². The third-order valence-corrected chi connectivity index (χ3v) is 5.02. The number of benzene rings is 2. The molecule has 1 aliphatic rings. The number of carbonyl (C=O) groups is 1. The van der Waals surface area contributed by atoms with E-state index in [1.165, 1.54) is 0 Å². The Labute approximate surface area is 165 Å². The number of nitriles is 1. The molecular formula is C23H23NO4. The van der Waals surface area contributed by atoms with Crippen LogP contribution in [0.1, 0.15) is 36.0 Å². The van der Waals surface area contributed by atoms with Crippen molar-refractivity contribution in [2.45, 2.75) is 25.7 Å². The molecule has 0 aromatic heterocycles. The molecule has 2 aromatic carbocycles. The van der Waals surface area contributed by atoms with Crippen molar-refractivity contribution >= 4 is 11.5 Å². The number of methoxy groups -OCH3 is 2. The third-order valence-electron chi connectivity index (χ3n) is 5.02. The number of nitrogens with zero attached hydrogens (tertiary/aromatic N) is 1. The minimum atomic E-state index is -0.324. The second-order valence-electron chi connectivity index (χ2n) is 6.49. The average Bonchev–Trinajstić information content (AvgIpc) is 2.73. The summed E-state index contributed by atoms with van der Waals surface area (Å²) in [4.78, 5) is 12.3. The monoisotopic (exact) mass is 377 g/mol. The van der Waals surface area contributed by atoms with Crippen LogP contribution in [-0.2, 0) is 16.0 Å². The SMILES string of the molecule is CCOC(=O)CC1=C(C#N)c2ccc(OC)c(OC)c2CC1c1ccccc1. The van der Waals surface area contributed by atoms with Gasteiger partial charge in [0.1, 0.15) is 0 Å². The molecule has 0 radical (unpaired) electrons. The molecule has 28 heavy (non-hydrogen) atoms. The second kappa shape index (κ2) is 8.62. The highest BCUT2D eigenvalue weighted by molar-refractivity contribution is 5.89. The minimum Gasteiger partial charge on any atom is -0.493 e. The molecule has 0 aliphatic heterocycles. The Balaban J connectivity index is 2.22. The van der Waals surface area contributed by atoms with Gasteiger partial charge in [0.2, 0.25) is 0 Å². The van der Waals surface area contributed by atoms with Crippen molar-refractivity contribution in [3.8, 4) is 17.6 Å². The number of hydrogen-bond acceptors (Lipinski definition) is 5. The summed E-state index contributed by atoms with van der Waals surface area (Å²) in [5.41, 5.74) is 4.03. The Kier molecular flexibility index (Phi) is 6.00. The number of hydrogen-bond donors (Lipinski definition) is 0. The second-order valence-corrected chi connectivity index (χ2v) is 6.49. The van der Waals surface area contributed by atoms with Crippen LogP contribution in [0.2, 0.25) is 0 Å². The van der Waals surface area contributed by atoms with Crippen molar-refractivity contribution in [3.63, 3.8) is 0 Å². The lowest BCUT2D eigenvalue weighted by Gasteiger charge is -2.30. The van der Waals surface area contributed by atoms with E-state index >= 15 is 0 Å². The van der Waals surface area contributed by atoms with Crippen molar-refractivity contribution in [3.05, 3.63) is 64.7 Å². The summed E-state index contributed by atoms with van der Waals surface area (Å²) < 4.78 is 16.2. The van der Waals surface area contributed by atoms with Crippen molar-refractivity contribution in [2.24, 2.45) is 0 Å². The number of fused-ring (bicyclic) bond motifs is 1. The van der Waals surface area contributed by atoms with E-state index in [0.717, 1.165) is 22.3 Å². The lowest BCUT2D eigenvalue weighted by atomic mass is 9.74. The predicted octanol–water partition coefficient (Wildman–Crippen LogP) is 4.27. The number of rotatable bonds is 6. The lowest BCUT2D eigenvalue weighted by Crippen LogP contribution is -2.19. The minimum absolute atomic E-state index is 0.0874. The Hall–Kier alpha value is -3.26. The number of esters is 1. The van der Waals surface area contributed by atoms with Crippen LogP contribution in [-0.4, -0.2) is 26.8 Å². The highest BCUT2D eigenvalue weighted by Gasteiger charge is 2.33. The summed E-state index contributed by atoms with van der Waals surface area (Å²) in [5.74, 6) is 0.812. The molecule has 0 saturated carbocycles. The van der Waals surface area contributed by atoms with Gasteiger partial charge in [-0.3, -0.25) is 4.79 Å². The maximum Gasteiger partial charge on any atom is 0.309 e. The molecule has 144 valence electrons. The van der Waals surface area contributed by atoms with Gasteiger partial charge in [0.25, 0.3) is 0 Å². The highest BCUT2D eigenvalue weighted by Crippen LogP contribution is 2.47. The molecule has 1 atom stereocenters. The summed E-state index contributed by atoms with van der Waals surface area (Å²) in [5, 5.41) is 9.97. The first-order valence-corrected chi connectivity index (χ1v) is 9.22. The topological polar surface area (TPSA) is 68.6 Å². The van der Waals surface area contributed by atoms with Gasteiger partial charge >= 0.3 is 5.97 Å². The molecule has 0 bridgehead atoms. The first-order valence-electron chi connectivity index (χ1n) is 9.22. The van der Waals surface area contributed by atoms with Gasteiger partial charge in [0, 0.05) is 11.5 Å². The van der Waals surface area contributed by atoms with Crippen LogP contribution in [0.4, 0.5) is 0 Å². The number of carbonyl (C=O) groups excluding carboxylic acids is 1. The zero-order valence-corrected chi connectivity index (χ0v) is 16.3. The molecule has 0 fully saturated rings. The Bertz CT molecular complexity index is 941. The molecule has 1 unspecified atom stereocenters. The summed E-state index contributed by atoms with van der Waals surface area (Å²) in [6, 6.07) is 15.9. The van der Waals surface area contributed by atoms with Crippen molar-refractivity contribution in [1.82, 2.24) is 0 Å². The van der Waals surface area contributed by atoms with E-state index in [1.54, 1.807) is 27.2 Å². The first-order chi connectivity index (χ1) is 13.6. The van der Waals surface area contributed by atoms with E-state index in [0.29, 0.717) is 30.1 Å². The van der Waals surface area contributed by atoms with Crippen molar-refractivity contribution in [2.75, 3.05) is 20.8 Å². The fourth-order valence-corrected chi connectivity index (χ4v) is 3.82. The van der Waals surface area contributed by atoms with Gasteiger partial charge in [-0.2, -0.15) is 5.26 Å². The maximum absolute atomic E-state index is 12.3. The van der Waals surface area contributed by atoms with Crippen molar-refractivity contribution < 1.29 is 19.0 Å². The van der Waals surface area contributed by atoms with Gasteiger partial charge in [-0.15, -0.1) is 0 Å². The zero-order valence-electron chi connectivity index (χ0n) is 16.3. The molecule has 0 amide bonds. The van der Waals surface area contributed by atoms with Crippen molar-refractivity contribution in [1.29, 1.82) is 5.26 Å². The average molecular weight is 377 g/mol. The maximum atomic E-state index is 12.3. The van der Waals surface area contributed by atoms with Crippen LogP contribution in [0.15, 0.2) is 48.0 Å². The first kappa shape index (κ1) is 19.5. The molecule has 2 aromatic rings. The van der Waals surface area contributed by atoms with E-state index in [9.17, 15) is 10.1 Å². The van der Waals surface area contributed by atoms with Gasteiger partial charge in [0.05, 0.1) is 38.9 Å². The van der Waals surface area contributed by atoms with E-state index < -0.39 is 0 Å². The summed E-state index contributed by atoms with van der Waals surface area (Å²) in [7, 11) is 3.19. The van der Waals surface area contributed by atoms with Crippen LogP contribution in [0.5, 0.6) is 11.5 Å². The molecule has 0 heterocycles. The van der Waals surface area contributed by atoms with Crippen LogP contribution in [0.3, 0.4) is 0 Å². The van der Waals surface area contributed by atoms with Gasteiger partial charge in [-0.25, -0.2) is 0 Å². The van der Waals surface area contributed by atoms with Gasteiger partial charge < -0.3 is 14.2 Å². The normalized spacial score (nSPS) is 15.4. The molecule has 3 rings (SSSR count). The van der Waals surface area contributed by atoms with Crippen LogP contribution in [0.25, 0.3) is 5.57 Å². The summed E-state index contributed by atoms with van der Waals surface area (Å²) in [6.07, 6.45) is 0.698. The molecular weight excluding hydrogens is 354 g/mol. The molecule has 5 heteroatoms. The standard InChI is InChI=1S/C23H23NO4/c1-4-28-22(25)13-18-17(15-8-6-5-7-9-15)12-19-16(20(18)14-24)10-11-21(26-2)23(19)27-3/h5-11,17H,4,12-13H2,1-3H3. The lowest BCUT2D eigenvalue weighted by molar-refractivity contribution is -0.142. The van der Waals surface area contributed by atoms with E-state index in [-0.39, 0.29) is 18.3 Å². The number of ether oxygens (including phenoxy) is 3. The Morgan fingerprint density at radius 1 is 1.14 bits per heavy atom. The fraction of sp³-hybridized carbons (Fsp3) is 0.304. The molecule has 1 aliphatic carbocycles. The van der Waals surface area contributed by atoms with E-state index in [2.05, 4.69) is 6.07 Å². The van der Waals surface area contributed by atoms with Crippen LogP contribution >= 0.6 is 0 Å². The number of allylic oxidation sites excluding steroid dienone is 1. The summed E-state index contributed by atoms with van der Waals surface area (Å²) in [6.45, 7) is 2.09. The van der Waals surface area contributed by atoms with Gasteiger partial charge in [-0.1, -0.05) is 30.3 Å². The fourth-order valence-electron chi connectivity index (χ4n) is 3.82. The van der Waals surface area contributed by atoms with E-state index in [1.807, 2.05) is 36.4 Å². The summed E-state index contributed by atoms with van der Waals surface area (Å²) >= 11 is 0. The van der Waals surface area contributed by atoms with Gasteiger partial charge in [-0.05, 0) is 42.2 Å². The van der Waals surface area contributed by atoms with Crippen LogP contribution in [0, 0.1) is 11.3 Å². The molecule has 0 spiro atoms. The quantitative estimate of drug-likeness (QED) is 0.703. The molecule has 0 saturated heterocycles. The zero-order chi connectivity index (χ0) is 20.1. The smallest absolute Gasteiger partial charge is 0.309 e. The molecule has 5 nitrogen and oxygen atoms in total. The van der Waals surface area contributed by atoms with Gasteiger partial charge in [0.15, 0.2) is 11.5 Å². The van der Waals surface area contributed by atoms with E-state index in [4.69, 9.17) is 14.2 Å². The molecule has 0 N–H and O–H groups in total. The highest BCUT2D eigenvalue weighted by atomic mass is 16.5. The largest absolute Gasteiger partial charge is 0.493 e.